The second-order valence-corrected chi connectivity index (χ2v) is 9.26. The van der Waals surface area contributed by atoms with Gasteiger partial charge in [-0.1, -0.05) is 30.3 Å². The number of H-pyrrole nitrogens is 1. The first-order chi connectivity index (χ1) is 19.6. The highest BCUT2D eigenvalue weighted by Gasteiger charge is 2.25. The molecule has 0 unspecified atom stereocenters. The minimum Gasteiger partial charge on any atom is -0.493 e. The molecular weight excluding hydrogens is 514 g/mol. The first-order valence-corrected chi connectivity index (χ1v) is 13.0. The van der Waals surface area contributed by atoms with Crippen LogP contribution in [0.25, 0.3) is 10.9 Å². The third-order valence-electron chi connectivity index (χ3n) is 6.89. The molecule has 10 nitrogen and oxygen atoms in total. The van der Waals surface area contributed by atoms with E-state index in [2.05, 4.69) is 4.98 Å². The molecule has 0 radical (unpaired) electrons. The maximum Gasteiger partial charge on any atom is 0.264 e. The molecule has 0 saturated heterocycles. The van der Waals surface area contributed by atoms with Crippen LogP contribution in [-0.2, 0) is 24.3 Å². The van der Waals surface area contributed by atoms with Crippen molar-refractivity contribution >= 4 is 16.9 Å². The molecule has 0 spiro atoms. The Morgan fingerprint density at radius 2 is 1.57 bits per heavy atom. The lowest BCUT2D eigenvalue weighted by Gasteiger charge is -2.30. The predicted octanol–water partition coefficient (Wildman–Crippen LogP) is 4.12. The average Bonchev–Trinajstić information content (AvgIpc) is 2.99. The van der Waals surface area contributed by atoms with E-state index in [0.717, 1.165) is 17.5 Å². The Kier molecular flexibility index (Phi) is 8.26. The van der Waals surface area contributed by atoms with Gasteiger partial charge < -0.3 is 33.3 Å². The van der Waals surface area contributed by atoms with Gasteiger partial charge in [-0.25, -0.2) is 4.98 Å². The van der Waals surface area contributed by atoms with Crippen molar-refractivity contribution in [1.82, 2.24) is 9.97 Å². The third-order valence-corrected chi connectivity index (χ3v) is 6.89. The van der Waals surface area contributed by atoms with Crippen LogP contribution in [0.3, 0.4) is 0 Å². The first kappa shape index (κ1) is 27.1. The van der Waals surface area contributed by atoms with Gasteiger partial charge in [0, 0.05) is 19.2 Å². The maximum atomic E-state index is 13.5. The first-order valence-electron chi connectivity index (χ1n) is 13.0. The van der Waals surface area contributed by atoms with Gasteiger partial charge in [0.15, 0.2) is 23.0 Å². The Bertz CT molecular complexity index is 1540. The zero-order valence-electron chi connectivity index (χ0n) is 23.1. The summed E-state index contributed by atoms with van der Waals surface area (Å²) < 4.78 is 33.9. The van der Waals surface area contributed by atoms with E-state index in [1.807, 2.05) is 47.4 Å². The summed E-state index contributed by atoms with van der Waals surface area (Å²) >= 11 is 0. The highest BCUT2D eigenvalue weighted by molar-refractivity contribution is 5.90. The predicted molar refractivity (Wildman–Crippen MR) is 151 cm³/mol. The molecule has 1 aliphatic rings. The molecule has 1 aromatic heterocycles. The zero-order valence-corrected chi connectivity index (χ0v) is 23.1. The number of anilines is 1. The van der Waals surface area contributed by atoms with Crippen molar-refractivity contribution in [2.24, 2.45) is 0 Å². The third kappa shape index (κ3) is 5.48. The van der Waals surface area contributed by atoms with Crippen LogP contribution in [0.15, 0.2) is 53.3 Å². The molecule has 1 aliphatic heterocycles. The molecule has 3 aromatic carbocycles. The van der Waals surface area contributed by atoms with Crippen molar-refractivity contribution in [3.05, 3.63) is 75.6 Å². The summed E-state index contributed by atoms with van der Waals surface area (Å²) in [4.78, 5) is 23.3. The molecule has 0 bridgehead atoms. The molecule has 40 heavy (non-hydrogen) atoms. The van der Waals surface area contributed by atoms with Gasteiger partial charge in [0.25, 0.3) is 5.56 Å². The van der Waals surface area contributed by atoms with Crippen LogP contribution in [0.1, 0.15) is 16.7 Å². The van der Waals surface area contributed by atoms with Crippen LogP contribution in [-0.4, -0.2) is 58.2 Å². The highest BCUT2D eigenvalue weighted by Crippen LogP contribution is 2.42. The van der Waals surface area contributed by atoms with Crippen molar-refractivity contribution in [3.8, 4) is 28.7 Å². The molecule has 0 saturated carbocycles. The van der Waals surface area contributed by atoms with E-state index < -0.39 is 0 Å². The van der Waals surface area contributed by atoms with Crippen LogP contribution in [0.5, 0.6) is 28.7 Å². The van der Waals surface area contributed by atoms with E-state index in [1.54, 1.807) is 20.3 Å². The maximum absolute atomic E-state index is 13.5. The number of aromatic amines is 1. The Hall–Kier alpha value is -4.44. The number of hydrogen-bond acceptors (Lipinski definition) is 9. The summed E-state index contributed by atoms with van der Waals surface area (Å²) in [6, 6.07) is 15.6. The fourth-order valence-corrected chi connectivity index (χ4v) is 4.88. The van der Waals surface area contributed by atoms with Crippen LogP contribution in [0.2, 0.25) is 0 Å². The minimum absolute atomic E-state index is 0.209. The van der Waals surface area contributed by atoms with Gasteiger partial charge in [0.1, 0.15) is 12.0 Å². The number of fused-ring (bicyclic) bond motifs is 2. The smallest absolute Gasteiger partial charge is 0.264 e. The number of rotatable bonds is 11. The number of methoxy groups -OCH3 is 4. The Balaban J connectivity index is 1.41. The number of ether oxygens (including phenoxy) is 6. The lowest BCUT2D eigenvalue weighted by Crippen LogP contribution is -2.33. The van der Waals surface area contributed by atoms with E-state index in [9.17, 15) is 4.79 Å². The second kappa shape index (κ2) is 12.2. The summed E-state index contributed by atoms with van der Waals surface area (Å²) in [5, 5.41) is 0.285. The minimum atomic E-state index is -0.334. The SMILES string of the molecule is COc1cc2c(cc1OC)CN(c1nc3cc(OC)c(OC)c(OCCOCc4ccccc4)c3c(=O)[nH]1)CC2. The van der Waals surface area contributed by atoms with Crippen LogP contribution < -0.4 is 34.1 Å². The number of hydrogen-bond donors (Lipinski definition) is 1. The molecule has 210 valence electrons. The normalized spacial score (nSPS) is 12.7. The zero-order chi connectivity index (χ0) is 28.1. The lowest BCUT2D eigenvalue weighted by molar-refractivity contribution is 0.0883. The summed E-state index contributed by atoms with van der Waals surface area (Å²) in [6.07, 6.45) is 0.765. The molecule has 0 amide bonds. The van der Waals surface area contributed by atoms with Gasteiger partial charge in [-0.05, 0) is 35.2 Å². The molecule has 0 fully saturated rings. The standard InChI is InChI=1S/C30H33N3O7/c1-35-23-14-20-10-11-33(17-21(20)15-24(23)36-2)30-31-22-16-25(37-3)27(38-4)28(26(22)29(34)32-30)40-13-12-39-18-19-8-6-5-7-9-19/h5-9,14-16H,10-13,17-18H2,1-4H3,(H,31,32,34). The van der Waals surface area contributed by atoms with E-state index in [0.29, 0.717) is 60.8 Å². The molecule has 0 aliphatic carbocycles. The van der Waals surface area contributed by atoms with Gasteiger partial charge >= 0.3 is 0 Å². The van der Waals surface area contributed by atoms with Crippen LogP contribution in [0, 0.1) is 0 Å². The summed E-state index contributed by atoms with van der Waals surface area (Å²) in [6.45, 7) is 2.22. The van der Waals surface area contributed by atoms with Gasteiger partial charge in [-0.2, -0.15) is 0 Å². The average molecular weight is 548 g/mol. The van der Waals surface area contributed by atoms with Gasteiger partial charge in [0.2, 0.25) is 11.7 Å². The van der Waals surface area contributed by atoms with E-state index in [-0.39, 0.29) is 23.3 Å². The topological polar surface area (TPSA) is 104 Å². The number of aromatic nitrogens is 2. The number of nitrogens with one attached hydrogen (secondary N) is 1. The molecular formula is C30H33N3O7. The quantitative estimate of drug-likeness (QED) is 0.278. The van der Waals surface area contributed by atoms with Crippen molar-refractivity contribution in [1.29, 1.82) is 0 Å². The van der Waals surface area contributed by atoms with Crippen molar-refractivity contribution in [3.63, 3.8) is 0 Å². The fraction of sp³-hybridized carbons (Fsp3) is 0.333. The largest absolute Gasteiger partial charge is 0.493 e. The molecule has 2 heterocycles. The molecule has 5 rings (SSSR count). The number of benzene rings is 3. The highest BCUT2D eigenvalue weighted by atomic mass is 16.5. The summed E-state index contributed by atoms with van der Waals surface area (Å²) in [7, 11) is 6.28. The summed E-state index contributed by atoms with van der Waals surface area (Å²) in [5.74, 6) is 2.83. The van der Waals surface area contributed by atoms with Crippen molar-refractivity contribution in [2.45, 2.75) is 19.6 Å². The molecule has 10 heteroatoms. The lowest BCUT2D eigenvalue weighted by atomic mass is 9.99. The Morgan fingerprint density at radius 3 is 2.27 bits per heavy atom. The Labute approximate surface area is 232 Å². The van der Waals surface area contributed by atoms with Crippen LogP contribution in [0.4, 0.5) is 5.95 Å². The molecule has 4 aromatic rings. The van der Waals surface area contributed by atoms with E-state index >= 15 is 0 Å². The van der Waals surface area contributed by atoms with Gasteiger partial charge in [-0.15, -0.1) is 0 Å². The van der Waals surface area contributed by atoms with Crippen LogP contribution >= 0.6 is 0 Å². The summed E-state index contributed by atoms with van der Waals surface area (Å²) in [5.41, 5.74) is 3.43. The van der Waals surface area contributed by atoms with E-state index in [1.165, 1.54) is 19.8 Å². The van der Waals surface area contributed by atoms with Gasteiger partial charge in [-0.3, -0.25) is 9.78 Å². The van der Waals surface area contributed by atoms with Crippen molar-refractivity contribution in [2.75, 3.05) is 53.1 Å². The monoisotopic (exact) mass is 547 g/mol. The fourth-order valence-electron chi connectivity index (χ4n) is 4.88. The molecule has 0 atom stereocenters. The van der Waals surface area contributed by atoms with Crippen molar-refractivity contribution < 1.29 is 28.4 Å². The molecule has 1 N–H and O–H groups in total. The van der Waals surface area contributed by atoms with Gasteiger partial charge in [0.05, 0.1) is 47.2 Å². The number of nitrogens with zero attached hydrogens (tertiary/aromatic N) is 2. The van der Waals surface area contributed by atoms with E-state index in [4.69, 9.17) is 33.4 Å². The second-order valence-electron chi connectivity index (χ2n) is 9.26. The Morgan fingerprint density at radius 1 is 0.850 bits per heavy atom.